The van der Waals surface area contributed by atoms with Gasteiger partial charge in [0.25, 0.3) is 11.5 Å². The van der Waals surface area contributed by atoms with Gasteiger partial charge >= 0.3 is 0 Å². The van der Waals surface area contributed by atoms with Crippen LogP contribution in [0.2, 0.25) is 0 Å². The molecule has 0 saturated heterocycles. The lowest BCUT2D eigenvalue weighted by Crippen LogP contribution is -2.27. The molecule has 0 spiro atoms. The second-order valence-corrected chi connectivity index (χ2v) is 4.98. The molecule has 0 aliphatic rings. The van der Waals surface area contributed by atoms with Crippen LogP contribution in [0.15, 0.2) is 23.1 Å². The van der Waals surface area contributed by atoms with Gasteiger partial charge in [-0.05, 0) is 13.0 Å². The summed E-state index contributed by atoms with van der Waals surface area (Å²) in [6, 6.07) is 2.67. The lowest BCUT2D eigenvalue weighted by Gasteiger charge is -2.02. The van der Waals surface area contributed by atoms with E-state index in [0.717, 1.165) is 16.3 Å². The average Bonchev–Trinajstić information content (AvgIpc) is 2.76. The Kier molecular flexibility index (Phi) is 3.83. The van der Waals surface area contributed by atoms with E-state index in [2.05, 4.69) is 20.5 Å². The molecule has 2 heterocycles. The summed E-state index contributed by atoms with van der Waals surface area (Å²) >= 11 is 1.61. The first-order chi connectivity index (χ1) is 8.65. The number of amides is 1. The minimum atomic E-state index is -0.327. The third-order valence-corrected chi connectivity index (χ3v) is 3.21. The van der Waals surface area contributed by atoms with E-state index in [-0.39, 0.29) is 17.2 Å². The molecule has 94 valence electrons. The molecule has 7 heteroatoms. The summed E-state index contributed by atoms with van der Waals surface area (Å²) in [6.45, 7) is 2.46. The van der Waals surface area contributed by atoms with E-state index in [1.54, 1.807) is 11.3 Å². The fraction of sp³-hybridized carbons (Fsp3) is 0.273. The average molecular weight is 264 g/mol. The molecular formula is C11H12N4O2S. The van der Waals surface area contributed by atoms with Crippen molar-refractivity contribution in [2.75, 3.05) is 6.54 Å². The Morgan fingerprint density at radius 2 is 2.33 bits per heavy atom. The van der Waals surface area contributed by atoms with Crippen molar-refractivity contribution in [1.29, 1.82) is 0 Å². The lowest BCUT2D eigenvalue weighted by atomic mass is 10.3. The Bertz CT molecular complexity index is 585. The Morgan fingerprint density at radius 1 is 1.50 bits per heavy atom. The van der Waals surface area contributed by atoms with Gasteiger partial charge in [0.15, 0.2) is 0 Å². The normalized spacial score (nSPS) is 10.3. The van der Waals surface area contributed by atoms with Crippen LogP contribution in [-0.4, -0.2) is 27.6 Å². The zero-order valence-electron chi connectivity index (χ0n) is 9.77. The first kappa shape index (κ1) is 12.4. The van der Waals surface area contributed by atoms with Crippen LogP contribution in [0, 0.1) is 6.92 Å². The number of nitrogens with zero attached hydrogens (tertiary/aromatic N) is 2. The second kappa shape index (κ2) is 5.54. The van der Waals surface area contributed by atoms with Gasteiger partial charge in [0, 0.05) is 30.1 Å². The molecule has 2 aromatic heterocycles. The van der Waals surface area contributed by atoms with Crippen molar-refractivity contribution in [1.82, 2.24) is 20.5 Å². The fourth-order valence-electron chi connectivity index (χ4n) is 1.38. The summed E-state index contributed by atoms with van der Waals surface area (Å²) < 4.78 is 0. The molecule has 0 bridgehead atoms. The molecule has 0 fully saturated rings. The maximum Gasteiger partial charge on any atom is 0.271 e. The molecule has 0 unspecified atom stereocenters. The number of hydrogen-bond donors (Lipinski definition) is 2. The number of nitrogens with one attached hydrogen (secondary N) is 2. The van der Waals surface area contributed by atoms with Crippen molar-refractivity contribution in [2.24, 2.45) is 0 Å². The van der Waals surface area contributed by atoms with E-state index in [0.29, 0.717) is 6.54 Å². The van der Waals surface area contributed by atoms with E-state index < -0.39 is 0 Å². The van der Waals surface area contributed by atoms with Crippen molar-refractivity contribution >= 4 is 17.2 Å². The van der Waals surface area contributed by atoms with Crippen LogP contribution in [0.5, 0.6) is 0 Å². The quantitative estimate of drug-likeness (QED) is 0.842. The molecule has 0 aliphatic carbocycles. The van der Waals surface area contributed by atoms with Gasteiger partial charge in [-0.15, -0.1) is 11.3 Å². The molecule has 2 N–H and O–H groups in total. The van der Waals surface area contributed by atoms with E-state index in [9.17, 15) is 9.59 Å². The van der Waals surface area contributed by atoms with Crippen LogP contribution in [0.3, 0.4) is 0 Å². The predicted molar refractivity (Wildman–Crippen MR) is 67.7 cm³/mol. The monoisotopic (exact) mass is 264 g/mol. The molecule has 0 saturated carbocycles. The number of aryl methyl sites for hydroxylation is 1. The Hall–Kier alpha value is -2.02. The summed E-state index contributed by atoms with van der Waals surface area (Å²) in [5.74, 6) is -0.299. The molecule has 1 amide bonds. The predicted octanol–water partition coefficient (Wildman–Crippen LogP) is 0.507. The zero-order chi connectivity index (χ0) is 13.0. The molecule has 0 radical (unpaired) electrons. The minimum absolute atomic E-state index is 0.204. The summed E-state index contributed by atoms with van der Waals surface area (Å²) in [5.41, 5.74) is -0.123. The Morgan fingerprint density at radius 3 is 2.94 bits per heavy atom. The van der Waals surface area contributed by atoms with Gasteiger partial charge < -0.3 is 5.32 Å². The number of aromatic nitrogens is 3. The molecule has 2 aromatic rings. The molecule has 0 aromatic carbocycles. The van der Waals surface area contributed by atoms with E-state index in [1.807, 2.05) is 13.1 Å². The van der Waals surface area contributed by atoms with E-state index >= 15 is 0 Å². The number of hydrogen-bond acceptors (Lipinski definition) is 5. The third kappa shape index (κ3) is 3.24. The molecule has 18 heavy (non-hydrogen) atoms. The first-order valence-electron chi connectivity index (χ1n) is 5.40. The topological polar surface area (TPSA) is 87.7 Å². The van der Waals surface area contributed by atoms with Gasteiger partial charge in [-0.25, -0.2) is 10.1 Å². The maximum atomic E-state index is 11.6. The van der Waals surface area contributed by atoms with Gasteiger partial charge in [0.05, 0.1) is 5.01 Å². The van der Waals surface area contributed by atoms with Crippen molar-refractivity contribution < 1.29 is 4.79 Å². The Balaban J connectivity index is 1.85. The number of H-pyrrole nitrogens is 1. The number of rotatable bonds is 4. The van der Waals surface area contributed by atoms with Crippen LogP contribution in [0.25, 0.3) is 0 Å². The van der Waals surface area contributed by atoms with Crippen molar-refractivity contribution in [2.45, 2.75) is 13.3 Å². The summed E-state index contributed by atoms with van der Waals surface area (Å²) in [6.07, 6.45) is 2.55. The minimum Gasteiger partial charge on any atom is -0.350 e. The highest BCUT2D eigenvalue weighted by atomic mass is 32.1. The van der Waals surface area contributed by atoms with Crippen molar-refractivity contribution in [3.8, 4) is 0 Å². The summed E-state index contributed by atoms with van der Waals surface area (Å²) in [5, 5.41) is 9.61. The highest BCUT2D eigenvalue weighted by molar-refractivity contribution is 7.11. The number of thiazole rings is 1. The number of carbonyl (C=O) groups is 1. The molecular weight excluding hydrogens is 252 g/mol. The summed E-state index contributed by atoms with van der Waals surface area (Å²) in [4.78, 5) is 27.7. The molecule has 2 rings (SSSR count). The van der Waals surface area contributed by atoms with Crippen LogP contribution < -0.4 is 10.9 Å². The van der Waals surface area contributed by atoms with E-state index in [1.165, 1.54) is 12.1 Å². The standard InChI is InChI=1S/C11H12N4O2S/c1-7-13-6-8(18-7)4-5-12-11(17)9-2-3-10(16)15-14-9/h2-3,6H,4-5H2,1H3,(H,12,17)(H,15,16). The van der Waals surface area contributed by atoms with E-state index in [4.69, 9.17) is 0 Å². The molecule has 0 aliphatic heterocycles. The van der Waals surface area contributed by atoms with Crippen molar-refractivity contribution in [3.63, 3.8) is 0 Å². The van der Waals surface area contributed by atoms with Crippen LogP contribution in [-0.2, 0) is 6.42 Å². The van der Waals surface area contributed by atoms with Crippen molar-refractivity contribution in [3.05, 3.63) is 44.3 Å². The first-order valence-corrected chi connectivity index (χ1v) is 6.22. The van der Waals surface area contributed by atoms with Gasteiger partial charge in [-0.2, -0.15) is 5.10 Å². The largest absolute Gasteiger partial charge is 0.350 e. The molecule has 0 atom stereocenters. The maximum absolute atomic E-state index is 11.6. The van der Waals surface area contributed by atoms with Gasteiger partial charge in [-0.1, -0.05) is 0 Å². The SMILES string of the molecule is Cc1ncc(CCNC(=O)c2ccc(=O)[nH]n2)s1. The highest BCUT2D eigenvalue weighted by Crippen LogP contribution is 2.11. The Labute approximate surface area is 107 Å². The third-order valence-electron chi connectivity index (χ3n) is 2.24. The van der Waals surface area contributed by atoms with Crippen LogP contribution >= 0.6 is 11.3 Å². The molecule has 6 nitrogen and oxygen atoms in total. The fourth-order valence-corrected chi connectivity index (χ4v) is 2.18. The van der Waals surface area contributed by atoms with Gasteiger partial charge in [0.1, 0.15) is 5.69 Å². The lowest BCUT2D eigenvalue weighted by molar-refractivity contribution is 0.0948. The van der Waals surface area contributed by atoms with Crippen LogP contribution in [0.1, 0.15) is 20.4 Å². The summed E-state index contributed by atoms with van der Waals surface area (Å²) in [7, 11) is 0. The zero-order valence-corrected chi connectivity index (χ0v) is 10.6. The van der Waals surface area contributed by atoms with Crippen LogP contribution in [0.4, 0.5) is 0 Å². The number of aromatic amines is 1. The second-order valence-electron chi connectivity index (χ2n) is 3.66. The highest BCUT2D eigenvalue weighted by Gasteiger charge is 2.06. The van der Waals surface area contributed by atoms with Gasteiger partial charge in [-0.3, -0.25) is 9.59 Å². The smallest absolute Gasteiger partial charge is 0.271 e. The number of carbonyl (C=O) groups excluding carboxylic acids is 1. The van der Waals surface area contributed by atoms with Gasteiger partial charge in [0.2, 0.25) is 0 Å².